The van der Waals surface area contributed by atoms with E-state index >= 15 is 0 Å². The molecule has 0 aliphatic heterocycles. The molecule has 1 amide bonds. The minimum Gasteiger partial charge on any atom is -0.360 e. The molecular formula is C15H14F2N2O2. The number of nitrogens with zero attached hydrogens (tertiary/aromatic N) is 1. The minimum absolute atomic E-state index is 0.163. The number of hydrogen-bond acceptors (Lipinski definition) is 3. The van der Waals surface area contributed by atoms with Crippen molar-refractivity contribution in [3.8, 4) is 0 Å². The van der Waals surface area contributed by atoms with Crippen molar-refractivity contribution in [3.63, 3.8) is 0 Å². The first-order chi connectivity index (χ1) is 10.1. The summed E-state index contributed by atoms with van der Waals surface area (Å²) in [5, 5.41) is 6.13. The maximum Gasteiger partial charge on any atom is 0.278 e. The summed E-state index contributed by atoms with van der Waals surface area (Å²) in [5.74, 6) is -1.17. The van der Waals surface area contributed by atoms with Crippen LogP contribution in [0.4, 0.5) is 14.5 Å². The van der Waals surface area contributed by atoms with Crippen LogP contribution < -0.4 is 5.32 Å². The summed E-state index contributed by atoms with van der Waals surface area (Å²) in [5.41, 5.74) is 0.739. The highest BCUT2D eigenvalue weighted by atomic mass is 19.1. The average Bonchev–Trinajstić information content (AvgIpc) is 2.72. The molecule has 1 N–H and O–H groups in total. The molecule has 0 radical (unpaired) electrons. The highest BCUT2D eigenvalue weighted by Gasteiger charge is 2.23. The van der Waals surface area contributed by atoms with Gasteiger partial charge in [0.15, 0.2) is 5.69 Å². The predicted octanol–water partition coefficient (Wildman–Crippen LogP) is 3.47. The highest BCUT2D eigenvalue weighted by Crippen LogP contribution is 2.24. The van der Waals surface area contributed by atoms with Gasteiger partial charge in [0.25, 0.3) is 5.91 Å². The summed E-state index contributed by atoms with van der Waals surface area (Å²) in [6, 6.07) is 2.90. The van der Waals surface area contributed by atoms with E-state index in [0.29, 0.717) is 6.42 Å². The molecule has 0 spiro atoms. The Bertz CT molecular complexity index is 682. The number of halogens is 2. The van der Waals surface area contributed by atoms with Crippen LogP contribution in [0.5, 0.6) is 0 Å². The molecule has 4 nitrogen and oxygen atoms in total. The lowest BCUT2D eigenvalue weighted by Gasteiger charge is -2.05. The van der Waals surface area contributed by atoms with E-state index in [-0.39, 0.29) is 11.4 Å². The Kier molecular flexibility index (Phi) is 3.68. The van der Waals surface area contributed by atoms with Gasteiger partial charge in [0, 0.05) is 18.1 Å². The molecule has 0 unspecified atom stereocenters. The number of carbonyl (C=O) groups is 1. The molecule has 0 fully saturated rings. The zero-order valence-corrected chi connectivity index (χ0v) is 11.3. The lowest BCUT2D eigenvalue weighted by atomic mass is 10.1. The Morgan fingerprint density at radius 2 is 2.00 bits per heavy atom. The molecule has 1 aliphatic rings. The second kappa shape index (κ2) is 5.63. The summed E-state index contributed by atoms with van der Waals surface area (Å²) < 4.78 is 31.9. The molecule has 1 aromatic heterocycles. The van der Waals surface area contributed by atoms with Gasteiger partial charge in [0.2, 0.25) is 0 Å². The Labute approximate surface area is 120 Å². The van der Waals surface area contributed by atoms with Crippen LogP contribution in [0.25, 0.3) is 0 Å². The molecule has 0 atom stereocenters. The predicted molar refractivity (Wildman–Crippen MR) is 72.1 cm³/mol. The standard InChI is InChI=1S/C15H14F2N2O2/c16-9-6-7-11(17)12(8-9)18-15(20)14-10-4-2-1-3-5-13(10)21-19-14/h6-8H,1-5H2,(H,18,20). The van der Waals surface area contributed by atoms with Gasteiger partial charge >= 0.3 is 0 Å². The normalized spacial score (nSPS) is 14.4. The van der Waals surface area contributed by atoms with Crippen LogP contribution in [-0.2, 0) is 12.8 Å². The first-order valence-electron chi connectivity index (χ1n) is 6.89. The van der Waals surface area contributed by atoms with Gasteiger partial charge in [-0.05, 0) is 31.4 Å². The molecule has 6 heteroatoms. The third kappa shape index (κ3) is 2.79. The van der Waals surface area contributed by atoms with Crippen molar-refractivity contribution in [2.24, 2.45) is 0 Å². The van der Waals surface area contributed by atoms with Gasteiger partial charge in [-0.25, -0.2) is 8.78 Å². The summed E-state index contributed by atoms with van der Waals surface area (Å²) in [6.07, 6.45) is 4.51. The van der Waals surface area contributed by atoms with Crippen molar-refractivity contribution in [3.05, 3.63) is 46.9 Å². The van der Waals surface area contributed by atoms with Crippen LogP contribution in [0.15, 0.2) is 22.7 Å². The van der Waals surface area contributed by atoms with Crippen LogP contribution in [0.2, 0.25) is 0 Å². The van der Waals surface area contributed by atoms with Crippen LogP contribution >= 0.6 is 0 Å². The third-order valence-electron chi connectivity index (χ3n) is 3.59. The number of anilines is 1. The molecule has 1 heterocycles. The molecule has 21 heavy (non-hydrogen) atoms. The summed E-state index contributed by atoms with van der Waals surface area (Å²) in [6.45, 7) is 0. The van der Waals surface area contributed by atoms with E-state index in [9.17, 15) is 13.6 Å². The number of fused-ring (bicyclic) bond motifs is 1. The van der Waals surface area contributed by atoms with E-state index in [0.717, 1.165) is 55.2 Å². The Balaban J connectivity index is 1.86. The minimum atomic E-state index is -0.695. The number of benzene rings is 1. The highest BCUT2D eigenvalue weighted by molar-refractivity contribution is 6.04. The number of rotatable bonds is 2. The van der Waals surface area contributed by atoms with Gasteiger partial charge in [0.05, 0.1) is 5.69 Å². The second-order valence-electron chi connectivity index (χ2n) is 5.07. The van der Waals surface area contributed by atoms with Crippen molar-refractivity contribution < 1.29 is 18.1 Å². The van der Waals surface area contributed by atoms with Crippen molar-refractivity contribution >= 4 is 11.6 Å². The van der Waals surface area contributed by atoms with E-state index in [2.05, 4.69) is 10.5 Å². The fourth-order valence-corrected chi connectivity index (χ4v) is 2.51. The van der Waals surface area contributed by atoms with Gasteiger partial charge in [-0.15, -0.1) is 0 Å². The molecule has 2 aromatic rings. The number of amides is 1. The third-order valence-corrected chi connectivity index (χ3v) is 3.59. The Morgan fingerprint density at radius 3 is 2.86 bits per heavy atom. The lowest BCUT2D eigenvalue weighted by molar-refractivity contribution is 0.101. The monoisotopic (exact) mass is 292 g/mol. The number of carbonyl (C=O) groups excluding carboxylic acids is 1. The quantitative estimate of drug-likeness (QED) is 0.862. The summed E-state index contributed by atoms with van der Waals surface area (Å²) >= 11 is 0. The molecule has 110 valence electrons. The number of aromatic nitrogens is 1. The van der Waals surface area contributed by atoms with Crippen LogP contribution in [0.3, 0.4) is 0 Å². The molecule has 1 aliphatic carbocycles. The van der Waals surface area contributed by atoms with Crippen LogP contribution in [0, 0.1) is 11.6 Å². The van der Waals surface area contributed by atoms with Crippen molar-refractivity contribution in [2.45, 2.75) is 32.1 Å². The molecule has 0 saturated heterocycles. The van der Waals surface area contributed by atoms with E-state index in [4.69, 9.17) is 4.52 Å². The summed E-state index contributed by atoms with van der Waals surface area (Å²) in [4.78, 5) is 12.2. The van der Waals surface area contributed by atoms with Gasteiger partial charge in [-0.3, -0.25) is 4.79 Å². The smallest absolute Gasteiger partial charge is 0.278 e. The maximum atomic E-state index is 13.6. The number of nitrogens with one attached hydrogen (secondary N) is 1. The SMILES string of the molecule is O=C(Nc1cc(F)ccc1F)c1noc2c1CCCCC2. The van der Waals surface area contributed by atoms with Gasteiger partial charge < -0.3 is 9.84 Å². The van der Waals surface area contributed by atoms with Crippen LogP contribution in [-0.4, -0.2) is 11.1 Å². The van der Waals surface area contributed by atoms with E-state index < -0.39 is 17.5 Å². The largest absolute Gasteiger partial charge is 0.360 e. The van der Waals surface area contributed by atoms with Gasteiger partial charge in [-0.1, -0.05) is 11.6 Å². The fraction of sp³-hybridized carbons (Fsp3) is 0.333. The molecular weight excluding hydrogens is 278 g/mol. The topological polar surface area (TPSA) is 55.1 Å². The lowest BCUT2D eigenvalue weighted by Crippen LogP contribution is -2.15. The zero-order valence-electron chi connectivity index (χ0n) is 11.3. The van der Waals surface area contributed by atoms with Crippen molar-refractivity contribution in [1.82, 2.24) is 5.16 Å². The first-order valence-corrected chi connectivity index (χ1v) is 6.89. The van der Waals surface area contributed by atoms with Gasteiger partial charge in [0.1, 0.15) is 17.4 Å². The second-order valence-corrected chi connectivity index (χ2v) is 5.07. The van der Waals surface area contributed by atoms with E-state index in [1.54, 1.807) is 0 Å². The molecule has 0 saturated carbocycles. The Morgan fingerprint density at radius 1 is 1.19 bits per heavy atom. The maximum absolute atomic E-state index is 13.6. The molecule has 3 rings (SSSR count). The van der Waals surface area contributed by atoms with Crippen LogP contribution in [0.1, 0.15) is 41.1 Å². The van der Waals surface area contributed by atoms with Crippen molar-refractivity contribution in [2.75, 3.05) is 5.32 Å². The van der Waals surface area contributed by atoms with Gasteiger partial charge in [-0.2, -0.15) is 0 Å². The molecule has 1 aromatic carbocycles. The fourth-order valence-electron chi connectivity index (χ4n) is 2.51. The first kappa shape index (κ1) is 13.7. The van der Waals surface area contributed by atoms with Crippen molar-refractivity contribution in [1.29, 1.82) is 0 Å². The molecule has 0 bridgehead atoms. The number of hydrogen-bond donors (Lipinski definition) is 1. The van der Waals surface area contributed by atoms with E-state index in [1.165, 1.54) is 0 Å². The summed E-state index contributed by atoms with van der Waals surface area (Å²) in [7, 11) is 0. The van der Waals surface area contributed by atoms with E-state index in [1.807, 2.05) is 0 Å². The zero-order chi connectivity index (χ0) is 14.8. The number of aryl methyl sites for hydroxylation is 1. The average molecular weight is 292 g/mol. The Hall–Kier alpha value is -2.24.